The number of sulfone groups is 1. The number of hydrogen-bond acceptors (Lipinski definition) is 5. The molecule has 158 valence electrons. The predicted octanol–water partition coefficient (Wildman–Crippen LogP) is 4.94. The first-order valence-electron chi connectivity index (χ1n) is 9.10. The van der Waals surface area contributed by atoms with Gasteiger partial charge in [0.2, 0.25) is 15.7 Å². The molecule has 0 saturated carbocycles. The van der Waals surface area contributed by atoms with Crippen LogP contribution in [-0.2, 0) is 21.1 Å². The quantitative estimate of drug-likeness (QED) is 0.505. The lowest BCUT2D eigenvalue weighted by Gasteiger charge is -2.14. The summed E-state index contributed by atoms with van der Waals surface area (Å²) >= 11 is 12.5. The first-order chi connectivity index (χ1) is 14.8. The molecule has 0 radical (unpaired) electrons. The molecule has 3 rings (SSSR count). The van der Waals surface area contributed by atoms with Gasteiger partial charge < -0.3 is 10.6 Å². The normalized spacial score (nSPS) is 10.9. The highest BCUT2D eigenvalue weighted by Crippen LogP contribution is 2.38. The van der Waals surface area contributed by atoms with Crippen molar-refractivity contribution in [3.8, 4) is 6.07 Å². The van der Waals surface area contributed by atoms with Gasteiger partial charge in [0.05, 0.1) is 39.7 Å². The van der Waals surface area contributed by atoms with Crippen molar-refractivity contribution in [1.29, 1.82) is 5.26 Å². The van der Waals surface area contributed by atoms with Crippen LogP contribution in [-0.4, -0.2) is 20.9 Å². The van der Waals surface area contributed by atoms with Crippen molar-refractivity contribution >= 4 is 50.3 Å². The van der Waals surface area contributed by atoms with Crippen LogP contribution in [0.5, 0.6) is 0 Å². The van der Waals surface area contributed by atoms with Crippen LogP contribution >= 0.6 is 23.2 Å². The van der Waals surface area contributed by atoms with E-state index in [0.29, 0.717) is 12.1 Å². The molecule has 0 bridgehead atoms. The van der Waals surface area contributed by atoms with Crippen molar-refractivity contribution < 1.29 is 13.2 Å². The van der Waals surface area contributed by atoms with E-state index >= 15 is 0 Å². The third-order valence-corrected chi connectivity index (χ3v) is 7.12. The Kier molecular flexibility index (Phi) is 7.18. The fraction of sp³-hybridized carbons (Fsp3) is 0.0909. The summed E-state index contributed by atoms with van der Waals surface area (Å²) in [5.41, 5.74) is 1.68. The average molecular weight is 474 g/mol. The Morgan fingerprint density at radius 3 is 2.29 bits per heavy atom. The monoisotopic (exact) mass is 473 g/mol. The van der Waals surface area contributed by atoms with E-state index in [2.05, 4.69) is 16.7 Å². The maximum Gasteiger partial charge on any atom is 0.243 e. The molecular weight excluding hydrogens is 457 g/mol. The van der Waals surface area contributed by atoms with Gasteiger partial charge in [-0.15, -0.1) is 0 Å². The first kappa shape index (κ1) is 22.6. The Morgan fingerprint density at radius 1 is 0.968 bits per heavy atom. The summed E-state index contributed by atoms with van der Waals surface area (Å²) in [4.78, 5) is 12.1. The zero-order valence-electron chi connectivity index (χ0n) is 16.1. The van der Waals surface area contributed by atoms with Crippen LogP contribution in [0, 0.1) is 11.3 Å². The fourth-order valence-corrected chi connectivity index (χ4v) is 5.28. The number of anilines is 2. The lowest BCUT2D eigenvalue weighted by atomic mass is 10.1. The van der Waals surface area contributed by atoms with Crippen molar-refractivity contribution in [2.75, 3.05) is 17.2 Å². The van der Waals surface area contributed by atoms with E-state index in [-0.39, 0.29) is 38.0 Å². The molecule has 0 fully saturated rings. The lowest BCUT2D eigenvalue weighted by Crippen LogP contribution is -2.22. The van der Waals surface area contributed by atoms with E-state index in [1.54, 1.807) is 42.5 Å². The maximum atomic E-state index is 13.0. The first-order valence-corrected chi connectivity index (χ1v) is 11.3. The summed E-state index contributed by atoms with van der Waals surface area (Å²) in [6, 6.07) is 19.7. The second kappa shape index (κ2) is 9.84. The summed E-state index contributed by atoms with van der Waals surface area (Å²) in [7, 11) is -3.95. The van der Waals surface area contributed by atoms with Crippen molar-refractivity contribution in [2.45, 2.75) is 16.2 Å². The molecule has 0 aliphatic carbocycles. The molecule has 0 aliphatic rings. The molecule has 0 aliphatic heterocycles. The fourth-order valence-electron chi connectivity index (χ4n) is 2.81. The molecule has 3 aromatic carbocycles. The number of rotatable bonds is 7. The molecule has 1 amide bonds. The van der Waals surface area contributed by atoms with Gasteiger partial charge in [-0.05, 0) is 42.0 Å². The standard InChI is InChI=1S/C22H17Cl2N3O3S/c23-18-10-11-19(21(24)22(18)31(29,30)17-4-2-1-3-5-17)26-14-20(28)27-16-8-6-15(7-9-16)12-13-25/h1-11,26H,12,14H2,(H,27,28). The minimum Gasteiger partial charge on any atom is -0.375 e. The summed E-state index contributed by atoms with van der Waals surface area (Å²) in [5, 5.41) is 14.2. The van der Waals surface area contributed by atoms with Gasteiger partial charge in [0, 0.05) is 5.69 Å². The number of hydrogen-bond donors (Lipinski definition) is 2. The highest BCUT2D eigenvalue weighted by Gasteiger charge is 2.26. The molecular formula is C22H17Cl2N3O3S. The molecule has 0 unspecified atom stereocenters. The van der Waals surface area contributed by atoms with Crippen LogP contribution in [0.2, 0.25) is 10.0 Å². The Morgan fingerprint density at radius 2 is 1.65 bits per heavy atom. The zero-order chi connectivity index (χ0) is 22.4. The van der Waals surface area contributed by atoms with E-state index in [0.717, 1.165) is 5.56 Å². The third-order valence-electron chi connectivity index (χ3n) is 4.33. The highest BCUT2D eigenvalue weighted by molar-refractivity contribution is 7.91. The van der Waals surface area contributed by atoms with Crippen LogP contribution < -0.4 is 10.6 Å². The minimum absolute atomic E-state index is 0.0127. The van der Waals surface area contributed by atoms with E-state index in [1.165, 1.54) is 24.3 Å². The van der Waals surface area contributed by atoms with Crippen LogP contribution in [0.15, 0.2) is 76.5 Å². The van der Waals surface area contributed by atoms with Crippen molar-refractivity contribution in [1.82, 2.24) is 0 Å². The number of halogens is 2. The Bertz CT molecular complexity index is 1240. The van der Waals surface area contributed by atoms with Crippen LogP contribution in [0.4, 0.5) is 11.4 Å². The second-order valence-electron chi connectivity index (χ2n) is 6.49. The molecule has 6 nitrogen and oxygen atoms in total. The van der Waals surface area contributed by atoms with Crippen molar-refractivity contribution in [3.05, 3.63) is 82.3 Å². The van der Waals surface area contributed by atoms with E-state index in [4.69, 9.17) is 28.5 Å². The van der Waals surface area contributed by atoms with Gasteiger partial charge in [0.1, 0.15) is 4.90 Å². The number of carbonyl (C=O) groups excluding carboxylic acids is 1. The Hall–Kier alpha value is -3.05. The smallest absolute Gasteiger partial charge is 0.243 e. The number of benzene rings is 3. The average Bonchev–Trinajstić information content (AvgIpc) is 2.75. The van der Waals surface area contributed by atoms with Crippen molar-refractivity contribution in [3.63, 3.8) is 0 Å². The molecule has 2 N–H and O–H groups in total. The van der Waals surface area contributed by atoms with Gasteiger partial charge >= 0.3 is 0 Å². The van der Waals surface area contributed by atoms with Crippen LogP contribution in [0.3, 0.4) is 0 Å². The molecule has 0 saturated heterocycles. The van der Waals surface area contributed by atoms with Crippen LogP contribution in [0.25, 0.3) is 0 Å². The molecule has 0 atom stereocenters. The molecule has 0 heterocycles. The molecule has 0 aromatic heterocycles. The molecule has 0 spiro atoms. The van der Waals surface area contributed by atoms with Crippen molar-refractivity contribution in [2.24, 2.45) is 0 Å². The summed E-state index contributed by atoms with van der Waals surface area (Å²) in [6.45, 7) is -0.147. The van der Waals surface area contributed by atoms with E-state index < -0.39 is 9.84 Å². The predicted molar refractivity (Wildman–Crippen MR) is 121 cm³/mol. The van der Waals surface area contributed by atoms with Gasteiger partial charge in [0.25, 0.3) is 0 Å². The Labute approximate surface area is 190 Å². The number of nitriles is 1. The summed E-state index contributed by atoms with van der Waals surface area (Å²) < 4.78 is 26.0. The number of nitrogens with zero attached hydrogens (tertiary/aromatic N) is 1. The summed E-state index contributed by atoms with van der Waals surface area (Å²) in [5.74, 6) is -0.355. The van der Waals surface area contributed by atoms with E-state index in [1.807, 2.05) is 0 Å². The van der Waals surface area contributed by atoms with Gasteiger partial charge in [-0.1, -0.05) is 53.5 Å². The van der Waals surface area contributed by atoms with Gasteiger partial charge in [0.15, 0.2) is 0 Å². The molecule has 9 heteroatoms. The van der Waals surface area contributed by atoms with Crippen LogP contribution in [0.1, 0.15) is 5.56 Å². The Balaban J connectivity index is 1.75. The highest BCUT2D eigenvalue weighted by atomic mass is 35.5. The number of carbonyl (C=O) groups is 1. The number of amides is 1. The second-order valence-corrected chi connectivity index (χ2v) is 9.16. The summed E-state index contributed by atoms with van der Waals surface area (Å²) in [6.07, 6.45) is 0.291. The SMILES string of the molecule is N#CCc1ccc(NC(=O)CNc2ccc(Cl)c(S(=O)(=O)c3ccccc3)c2Cl)cc1. The van der Waals surface area contributed by atoms with Gasteiger partial charge in [-0.25, -0.2) is 8.42 Å². The minimum atomic E-state index is -3.95. The van der Waals surface area contributed by atoms with Gasteiger partial charge in [-0.3, -0.25) is 4.79 Å². The maximum absolute atomic E-state index is 13.0. The lowest BCUT2D eigenvalue weighted by molar-refractivity contribution is -0.114. The third kappa shape index (κ3) is 5.36. The molecule has 31 heavy (non-hydrogen) atoms. The van der Waals surface area contributed by atoms with Gasteiger partial charge in [-0.2, -0.15) is 5.26 Å². The number of nitrogens with one attached hydrogen (secondary N) is 2. The largest absolute Gasteiger partial charge is 0.375 e. The topological polar surface area (TPSA) is 99.1 Å². The zero-order valence-corrected chi connectivity index (χ0v) is 18.4. The molecule has 3 aromatic rings. The van der Waals surface area contributed by atoms with E-state index in [9.17, 15) is 13.2 Å².